The maximum atomic E-state index is 14.7. The number of halogens is 6. The molecule has 1 aromatic carbocycles. The number of alkyl halides is 3. The van der Waals surface area contributed by atoms with E-state index in [1.165, 1.54) is 25.2 Å². The lowest BCUT2D eigenvalue weighted by Crippen LogP contribution is -2.39. The zero-order chi connectivity index (χ0) is 22.0. The van der Waals surface area contributed by atoms with Crippen LogP contribution in [0.2, 0.25) is 0 Å². The Labute approximate surface area is 176 Å². The average Bonchev–Trinajstić information content (AvgIpc) is 2.98. The van der Waals surface area contributed by atoms with Gasteiger partial charge in [0.05, 0.1) is 5.56 Å². The van der Waals surface area contributed by atoms with Crippen molar-refractivity contribution in [3.63, 3.8) is 0 Å². The summed E-state index contributed by atoms with van der Waals surface area (Å²) in [6.07, 6.45) is -0.831. The molecule has 0 N–H and O–H groups in total. The second-order valence-corrected chi connectivity index (χ2v) is 12.2. The molecule has 29 heavy (non-hydrogen) atoms. The van der Waals surface area contributed by atoms with E-state index >= 15 is 0 Å². The minimum atomic E-state index is -4.93. The zero-order valence-electron chi connectivity index (χ0n) is 14.3. The molecule has 1 heterocycles. The van der Waals surface area contributed by atoms with Crippen LogP contribution in [0.4, 0.5) is 17.6 Å². The van der Waals surface area contributed by atoms with Crippen molar-refractivity contribution in [3.8, 4) is 0 Å². The van der Waals surface area contributed by atoms with Crippen LogP contribution in [0, 0.1) is 5.82 Å². The summed E-state index contributed by atoms with van der Waals surface area (Å²) in [7, 11) is -4.10. The predicted molar refractivity (Wildman–Crippen MR) is 103 cm³/mol. The normalized spacial score (nSPS) is 20.9. The lowest BCUT2D eigenvalue weighted by atomic mass is 10.0. The van der Waals surface area contributed by atoms with Crippen molar-refractivity contribution in [2.24, 2.45) is 0 Å². The summed E-state index contributed by atoms with van der Waals surface area (Å²) in [5.74, 6) is -1.55. The molecule has 1 aliphatic rings. The molecule has 1 unspecified atom stereocenters. The van der Waals surface area contributed by atoms with E-state index in [1.54, 1.807) is 0 Å². The number of aromatic nitrogens is 1. The smallest absolute Gasteiger partial charge is 0.222 e. The van der Waals surface area contributed by atoms with E-state index in [4.69, 9.17) is 10.7 Å². The fourth-order valence-corrected chi connectivity index (χ4v) is 6.49. The van der Waals surface area contributed by atoms with Gasteiger partial charge < -0.3 is 0 Å². The van der Waals surface area contributed by atoms with Gasteiger partial charge >= 0.3 is 6.18 Å². The van der Waals surface area contributed by atoms with E-state index in [0.29, 0.717) is 16.6 Å². The van der Waals surface area contributed by atoms with Gasteiger partial charge in [-0.2, -0.15) is 13.2 Å². The van der Waals surface area contributed by atoms with E-state index in [2.05, 4.69) is 15.9 Å². The number of hydrogen-bond donors (Lipinski definition) is 0. The van der Waals surface area contributed by atoms with Crippen LogP contribution in [-0.2, 0) is 25.3 Å². The maximum Gasteiger partial charge on any atom is 0.416 e. The summed E-state index contributed by atoms with van der Waals surface area (Å²) >= 11 is 3.17. The Hall–Kier alpha value is -1.37. The molecule has 1 aliphatic carbocycles. The van der Waals surface area contributed by atoms with Crippen molar-refractivity contribution in [1.82, 2.24) is 3.97 Å². The van der Waals surface area contributed by atoms with Crippen molar-refractivity contribution in [2.75, 3.05) is 0 Å². The standard InChI is InChI=1S/C16H11BrClF4NO4S2/c1-15(4-2-11(17)3-5-15)29(26,27)23-13(28(18,24)25)7-9-6-10(16(20,21)22)8-12(19)14(9)23/h2-4,6-8H,5H2,1H3. The minimum Gasteiger partial charge on any atom is -0.222 e. The van der Waals surface area contributed by atoms with Gasteiger partial charge in [0.25, 0.3) is 9.05 Å². The highest BCUT2D eigenvalue weighted by Gasteiger charge is 2.43. The Morgan fingerprint density at radius 3 is 2.28 bits per heavy atom. The van der Waals surface area contributed by atoms with E-state index < -0.39 is 57.3 Å². The Morgan fingerprint density at radius 1 is 1.17 bits per heavy atom. The van der Waals surface area contributed by atoms with Gasteiger partial charge in [-0.05, 0) is 31.5 Å². The van der Waals surface area contributed by atoms with Crippen LogP contribution in [0.25, 0.3) is 10.9 Å². The van der Waals surface area contributed by atoms with Gasteiger partial charge in [-0.3, -0.25) is 0 Å². The van der Waals surface area contributed by atoms with Gasteiger partial charge in [0.15, 0.2) is 5.03 Å². The van der Waals surface area contributed by atoms with Gasteiger partial charge in [-0.1, -0.05) is 34.2 Å². The van der Waals surface area contributed by atoms with Gasteiger partial charge in [-0.25, -0.2) is 25.2 Å². The van der Waals surface area contributed by atoms with Crippen molar-refractivity contribution in [3.05, 3.63) is 52.3 Å². The van der Waals surface area contributed by atoms with Crippen LogP contribution in [0.3, 0.4) is 0 Å². The highest BCUT2D eigenvalue weighted by atomic mass is 79.9. The summed E-state index contributed by atoms with van der Waals surface area (Å²) < 4.78 is 103. The third-order valence-electron chi connectivity index (χ3n) is 4.48. The number of allylic oxidation sites excluding steroid dienone is 3. The highest BCUT2D eigenvalue weighted by Crippen LogP contribution is 2.40. The Balaban J connectivity index is 2.42. The maximum absolute atomic E-state index is 14.7. The molecule has 13 heteroatoms. The molecule has 0 saturated carbocycles. The SMILES string of the molecule is CC1(S(=O)(=O)n2c(S(=O)(=O)Cl)cc3cc(C(F)(F)F)cc(F)c32)C=CC(Br)=CC1. The molecule has 1 aromatic heterocycles. The molecule has 0 amide bonds. The van der Waals surface area contributed by atoms with E-state index in [-0.39, 0.29) is 16.5 Å². The van der Waals surface area contributed by atoms with Gasteiger partial charge in [-0.15, -0.1) is 0 Å². The molecule has 0 spiro atoms. The Morgan fingerprint density at radius 2 is 1.79 bits per heavy atom. The van der Waals surface area contributed by atoms with Crippen molar-refractivity contribution in [2.45, 2.75) is 29.3 Å². The van der Waals surface area contributed by atoms with Gasteiger partial charge in [0.2, 0.25) is 10.0 Å². The molecule has 158 valence electrons. The van der Waals surface area contributed by atoms with Crippen LogP contribution in [0.15, 0.2) is 45.9 Å². The molecule has 0 bridgehead atoms. The topological polar surface area (TPSA) is 73.2 Å². The van der Waals surface area contributed by atoms with Crippen molar-refractivity contribution < 1.29 is 34.4 Å². The summed E-state index contributed by atoms with van der Waals surface area (Å²) in [5.41, 5.74) is -2.23. The molecule has 1 atom stereocenters. The molecule has 5 nitrogen and oxygen atoms in total. The molecule has 0 aliphatic heterocycles. The van der Waals surface area contributed by atoms with Gasteiger partial charge in [0.1, 0.15) is 16.1 Å². The first-order valence-electron chi connectivity index (χ1n) is 7.75. The molecule has 0 radical (unpaired) electrons. The van der Waals surface area contributed by atoms with Crippen LogP contribution in [0.5, 0.6) is 0 Å². The second kappa shape index (κ2) is 6.82. The minimum absolute atomic E-state index is 0.101. The fourth-order valence-electron chi connectivity index (χ4n) is 2.91. The van der Waals surface area contributed by atoms with E-state index in [0.717, 1.165) is 0 Å². The molecule has 0 saturated heterocycles. The zero-order valence-corrected chi connectivity index (χ0v) is 18.3. The van der Waals surface area contributed by atoms with E-state index in [9.17, 15) is 34.4 Å². The number of hydrogen-bond acceptors (Lipinski definition) is 4. The first-order chi connectivity index (χ1) is 13.1. The van der Waals surface area contributed by atoms with Crippen LogP contribution in [0.1, 0.15) is 18.9 Å². The summed E-state index contributed by atoms with van der Waals surface area (Å²) in [6, 6.07) is 1.18. The lowest BCUT2D eigenvalue weighted by molar-refractivity contribution is -0.137. The monoisotopic (exact) mass is 535 g/mol. The predicted octanol–water partition coefficient (Wildman–Crippen LogP) is 4.90. The Bertz CT molecular complexity index is 1300. The molecular weight excluding hydrogens is 526 g/mol. The Kier molecular flexibility index (Phi) is 5.25. The molecule has 3 rings (SSSR count). The average molecular weight is 537 g/mol. The first-order valence-corrected chi connectivity index (χ1v) is 12.3. The number of benzene rings is 1. The molecular formula is C16H11BrClF4NO4S2. The summed E-state index contributed by atoms with van der Waals surface area (Å²) in [5, 5.41) is -1.61. The number of nitrogens with zero attached hydrogens (tertiary/aromatic N) is 1. The number of rotatable bonds is 3. The summed E-state index contributed by atoms with van der Waals surface area (Å²) in [4.78, 5) is 0. The highest BCUT2D eigenvalue weighted by molar-refractivity contribution is 9.11. The van der Waals surface area contributed by atoms with Crippen LogP contribution in [-0.4, -0.2) is 25.6 Å². The first kappa shape index (κ1) is 22.3. The molecule has 0 fully saturated rings. The van der Waals surface area contributed by atoms with Crippen LogP contribution < -0.4 is 0 Å². The van der Waals surface area contributed by atoms with Crippen molar-refractivity contribution in [1.29, 1.82) is 0 Å². The second-order valence-electron chi connectivity index (χ2n) is 6.52. The quantitative estimate of drug-likeness (QED) is 0.413. The third-order valence-corrected chi connectivity index (χ3v) is 8.80. The fraction of sp³-hybridized carbons (Fsp3) is 0.250. The lowest BCUT2D eigenvalue weighted by Gasteiger charge is -2.28. The number of fused-ring (bicyclic) bond motifs is 1. The molecule has 2 aromatic rings. The summed E-state index contributed by atoms with van der Waals surface area (Å²) in [6.45, 7) is 1.27. The largest absolute Gasteiger partial charge is 0.416 e. The third kappa shape index (κ3) is 3.75. The van der Waals surface area contributed by atoms with Gasteiger partial charge in [0, 0.05) is 20.6 Å². The van der Waals surface area contributed by atoms with Crippen molar-refractivity contribution >= 4 is 56.6 Å². The van der Waals surface area contributed by atoms with E-state index in [1.807, 2.05) is 0 Å². The van der Waals surface area contributed by atoms with Crippen LogP contribution >= 0.6 is 26.6 Å².